The average molecular weight is 496 g/mol. The molecule has 3 aromatic heterocycles. The molecule has 0 aliphatic heterocycles. The lowest BCUT2D eigenvalue weighted by Crippen LogP contribution is -2.22. The number of nitrogens with zero attached hydrogens (tertiary/aromatic N) is 5. The van der Waals surface area contributed by atoms with Crippen LogP contribution in [0.25, 0.3) is 28.2 Å². The van der Waals surface area contributed by atoms with Crippen LogP contribution in [0.2, 0.25) is 36.0 Å². The fraction of sp³-hybridized carbons (Fsp3) is 0.300. The summed E-state index contributed by atoms with van der Waals surface area (Å²) >= 11 is 12.3. The summed E-state index contributed by atoms with van der Waals surface area (Å²) in [6, 6.07) is 6.53. The first-order valence-electron chi connectivity index (χ1n) is 9.79. The maximum absolute atomic E-state index is 13.6. The minimum absolute atomic E-state index is 0.135. The molecular weight excluding hydrogens is 476 g/mol. The summed E-state index contributed by atoms with van der Waals surface area (Å²) in [6.45, 7) is 7.62. The third-order valence-corrected chi connectivity index (χ3v) is 7.09. The Hall–Kier alpha value is -2.53. The molecule has 0 fully saturated rings. The highest BCUT2D eigenvalue weighted by molar-refractivity contribution is 6.76. The van der Waals surface area contributed by atoms with Crippen molar-refractivity contribution in [3.8, 4) is 17.1 Å². The molecule has 32 heavy (non-hydrogen) atoms. The van der Waals surface area contributed by atoms with E-state index in [1.54, 1.807) is 16.8 Å². The summed E-state index contributed by atoms with van der Waals surface area (Å²) in [4.78, 5) is 21.2. The van der Waals surface area contributed by atoms with E-state index in [0.29, 0.717) is 29.0 Å². The summed E-state index contributed by atoms with van der Waals surface area (Å²) in [5.41, 5.74) is 1.65. The Morgan fingerprint density at radius 3 is 2.72 bits per heavy atom. The Morgan fingerprint density at radius 1 is 1.22 bits per heavy atom. The van der Waals surface area contributed by atoms with Gasteiger partial charge < -0.3 is 4.74 Å². The van der Waals surface area contributed by atoms with Gasteiger partial charge in [0, 0.05) is 20.9 Å². The number of halogens is 3. The number of imidazole rings is 1. The molecule has 4 aromatic rings. The van der Waals surface area contributed by atoms with Crippen LogP contribution in [0.1, 0.15) is 0 Å². The van der Waals surface area contributed by atoms with Crippen LogP contribution in [0, 0.1) is 5.82 Å². The number of hydrogen-bond acceptors (Lipinski definition) is 6. The van der Waals surface area contributed by atoms with Crippen LogP contribution >= 0.6 is 23.2 Å². The van der Waals surface area contributed by atoms with Gasteiger partial charge in [0.05, 0.1) is 16.3 Å². The van der Waals surface area contributed by atoms with Crippen LogP contribution < -0.4 is 5.76 Å². The Balaban J connectivity index is 1.74. The van der Waals surface area contributed by atoms with Gasteiger partial charge in [-0.15, -0.1) is 0 Å². The van der Waals surface area contributed by atoms with Gasteiger partial charge in [-0.1, -0.05) is 36.4 Å². The van der Waals surface area contributed by atoms with Crippen LogP contribution in [-0.4, -0.2) is 38.9 Å². The lowest BCUT2D eigenvalue weighted by molar-refractivity contribution is 0.0897. The van der Waals surface area contributed by atoms with E-state index in [0.717, 1.165) is 12.1 Å². The van der Waals surface area contributed by atoms with Gasteiger partial charge in [0.25, 0.3) is 0 Å². The first-order chi connectivity index (χ1) is 15.2. The van der Waals surface area contributed by atoms with E-state index in [-0.39, 0.29) is 22.9 Å². The second-order valence-electron chi connectivity index (χ2n) is 8.39. The number of rotatable bonds is 7. The van der Waals surface area contributed by atoms with Gasteiger partial charge in [0.1, 0.15) is 18.1 Å². The van der Waals surface area contributed by atoms with Crippen molar-refractivity contribution in [3.63, 3.8) is 0 Å². The van der Waals surface area contributed by atoms with Gasteiger partial charge in [0.15, 0.2) is 11.5 Å². The van der Waals surface area contributed by atoms with Crippen LogP contribution in [0.5, 0.6) is 0 Å². The average Bonchev–Trinajstić information content (AvgIpc) is 3.26. The fourth-order valence-electron chi connectivity index (χ4n) is 3.09. The molecule has 3 heterocycles. The molecule has 4 rings (SSSR count). The lowest BCUT2D eigenvalue weighted by atomic mass is 10.2. The van der Waals surface area contributed by atoms with Gasteiger partial charge in [0.2, 0.25) is 5.28 Å². The number of benzene rings is 1. The first-order valence-corrected chi connectivity index (χ1v) is 14.2. The molecule has 168 valence electrons. The molecule has 0 saturated carbocycles. The third-order valence-electron chi connectivity index (χ3n) is 4.81. The predicted molar refractivity (Wildman–Crippen MR) is 123 cm³/mol. The normalized spacial score (nSPS) is 12.1. The van der Waals surface area contributed by atoms with Crippen molar-refractivity contribution in [3.05, 3.63) is 57.1 Å². The summed E-state index contributed by atoms with van der Waals surface area (Å²) in [7, 11) is -1.23. The van der Waals surface area contributed by atoms with Crippen molar-refractivity contribution >= 4 is 42.4 Å². The largest absolute Gasteiger partial charge is 0.446 e. The van der Waals surface area contributed by atoms with Crippen LogP contribution in [0.15, 0.2) is 39.8 Å². The highest BCUT2D eigenvalue weighted by Crippen LogP contribution is 2.29. The minimum Gasteiger partial charge on any atom is -0.361 e. The van der Waals surface area contributed by atoms with Gasteiger partial charge in [-0.2, -0.15) is 0 Å². The number of fused-ring (bicyclic) bond motifs is 1. The second-order valence-corrected chi connectivity index (χ2v) is 14.8. The molecule has 0 aliphatic carbocycles. The molecule has 0 atom stereocenters. The molecule has 1 aromatic carbocycles. The molecule has 0 saturated heterocycles. The number of ether oxygens (including phenoxy) is 1. The van der Waals surface area contributed by atoms with Crippen LogP contribution in [0.3, 0.4) is 0 Å². The lowest BCUT2D eigenvalue weighted by Gasteiger charge is -2.15. The Labute approximate surface area is 193 Å². The van der Waals surface area contributed by atoms with Gasteiger partial charge >= 0.3 is 5.76 Å². The zero-order chi connectivity index (χ0) is 23.0. The molecule has 0 spiro atoms. The number of pyridine rings is 1. The van der Waals surface area contributed by atoms with Gasteiger partial charge in [-0.05, 0) is 41.9 Å². The van der Waals surface area contributed by atoms with E-state index < -0.39 is 19.6 Å². The number of hydrogen-bond donors (Lipinski definition) is 0. The summed E-state index contributed by atoms with van der Waals surface area (Å²) < 4.78 is 27.1. The maximum Gasteiger partial charge on any atom is 0.446 e. The van der Waals surface area contributed by atoms with E-state index in [4.69, 9.17) is 32.5 Å². The highest BCUT2D eigenvalue weighted by atomic mass is 35.5. The third kappa shape index (κ3) is 4.49. The van der Waals surface area contributed by atoms with Gasteiger partial charge in [-0.3, -0.25) is 9.09 Å². The second kappa shape index (κ2) is 8.78. The van der Waals surface area contributed by atoms with E-state index in [1.807, 2.05) is 0 Å². The van der Waals surface area contributed by atoms with E-state index >= 15 is 0 Å². The molecule has 0 aliphatic rings. The van der Waals surface area contributed by atoms with E-state index in [2.05, 4.69) is 34.8 Å². The summed E-state index contributed by atoms with van der Waals surface area (Å²) in [5.74, 6) is -1.20. The van der Waals surface area contributed by atoms with Crippen molar-refractivity contribution in [1.29, 1.82) is 0 Å². The molecule has 0 N–H and O–H groups in total. The summed E-state index contributed by atoms with van der Waals surface area (Å²) in [6.07, 6.45) is 1.55. The Bertz CT molecular complexity index is 1350. The van der Waals surface area contributed by atoms with Crippen molar-refractivity contribution < 1.29 is 13.7 Å². The van der Waals surface area contributed by atoms with E-state index in [9.17, 15) is 9.18 Å². The topological polar surface area (TPSA) is 88.0 Å². The number of aromatic nitrogens is 5. The Kier molecular flexibility index (Phi) is 6.21. The monoisotopic (exact) mass is 495 g/mol. The van der Waals surface area contributed by atoms with Crippen molar-refractivity contribution in [1.82, 2.24) is 24.3 Å². The van der Waals surface area contributed by atoms with Crippen molar-refractivity contribution in [2.24, 2.45) is 0 Å². The van der Waals surface area contributed by atoms with Crippen LogP contribution in [0.4, 0.5) is 4.39 Å². The maximum atomic E-state index is 13.6. The standard InChI is InChI=1S/C20H20Cl2FN5O3Si/c1-32(2,3)9-8-30-11-27-18-16(25-19(27)22)13(6-7-24-18)17-26-31-20(29)28(17)12-4-5-15(23)14(21)10-12/h4-7,10H,8-9,11H2,1-3H3. The molecule has 0 amide bonds. The molecule has 0 unspecified atom stereocenters. The van der Waals surface area contributed by atoms with Crippen LogP contribution in [-0.2, 0) is 11.5 Å². The minimum atomic E-state index is -1.23. The fourth-order valence-corrected chi connectivity index (χ4v) is 4.24. The molecule has 0 bridgehead atoms. The zero-order valence-electron chi connectivity index (χ0n) is 17.6. The van der Waals surface area contributed by atoms with Gasteiger partial charge in [-0.25, -0.2) is 23.7 Å². The molecule has 12 heteroatoms. The highest BCUT2D eigenvalue weighted by Gasteiger charge is 2.22. The zero-order valence-corrected chi connectivity index (χ0v) is 20.1. The summed E-state index contributed by atoms with van der Waals surface area (Å²) in [5, 5.41) is 3.95. The van der Waals surface area contributed by atoms with Crippen molar-refractivity contribution in [2.45, 2.75) is 32.4 Å². The smallest absolute Gasteiger partial charge is 0.361 e. The predicted octanol–water partition coefficient (Wildman–Crippen LogP) is 5.00. The molecular formula is C20H20Cl2FN5O3Si. The quantitative estimate of drug-likeness (QED) is 0.265. The van der Waals surface area contributed by atoms with E-state index in [1.165, 1.54) is 16.7 Å². The Morgan fingerprint density at radius 2 is 2.00 bits per heavy atom. The SMILES string of the molecule is C[Si](C)(C)CCOCn1c(Cl)nc2c(-c3noc(=O)n3-c3ccc(F)c(Cl)c3)ccnc21. The molecule has 8 nitrogen and oxygen atoms in total. The molecule has 0 radical (unpaired) electrons. The first kappa shape index (κ1) is 22.7. The van der Waals surface area contributed by atoms with Crippen molar-refractivity contribution in [2.75, 3.05) is 6.61 Å².